The van der Waals surface area contributed by atoms with Crippen LogP contribution in [0.2, 0.25) is 6.32 Å². The summed E-state index contributed by atoms with van der Waals surface area (Å²) in [6, 6.07) is 0. The molecule has 6 heteroatoms. The van der Waals surface area contributed by atoms with Gasteiger partial charge in [0.25, 0.3) is 0 Å². The van der Waals surface area contributed by atoms with Crippen LogP contribution >= 0.6 is 0 Å². The lowest BCUT2D eigenvalue weighted by Gasteiger charge is -2.35. The highest BCUT2D eigenvalue weighted by Crippen LogP contribution is 2.36. The van der Waals surface area contributed by atoms with Crippen molar-refractivity contribution in [2.24, 2.45) is 17.8 Å². The lowest BCUT2D eigenvalue weighted by molar-refractivity contribution is -0.146. The van der Waals surface area contributed by atoms with Gasteiger partial charge in [-0.2, -0.15) is 0 Å². The Morgan fingerprint density at radius 3 is 2.50 bits per heavy atom. The standard InChI is InChI=1S/C12H24BNO4/c1-14(2)8-10-4-3-9(5-6-13(17)18)7-11(10)12(15)16/h9-11,17-18H,3-8H2,1-2H3,(H,15,16)/t9-,10?,11-/m0/s1. The van der Waals surface area contributed by atoms with Crippen molar-refractivity contribution in [1.29, 1.82) is 0 Å². The summed E-state index contributed by atoms with van der Waals surface area (Å²) in [6.07, 6.45) is 3.63. The Bertz CT molecular complexity index is 273. The van der Waals surface area contributed by atoms with Crippen molar-refractivity contribution in [3.8, 4) is 0 Å². The second-order valence-electron chi connectivity index (χ2n) is 5.70. The fourth-order valence-corrected chi connectivity index (χ4v) is 2.96. The summed E-state index contributed by atoms with van der Waals surface area (Å²) < 4.78 is 0. The van der Waals surface area contributed by atoms with E-state index in [0.717, 1.165) is 19.4 Å². The summed E-state index contributed by atoms with van der Waals surface area (Å²) in [5.74, 6) is -0.475. The van der Waals surface area contributed by atoms with Crippen molar-refractivity contribution in [1.82, 2.24) is 4.90 Å². The summed E-state index contributed by atoms with van der Waals surface area (Å²) in [4.78, 5) is 13.4. The molecular weight excluding hydrogens is 233 g/mol. The third-order valence-corrected chi connectivity index (χ3v) is 3.85. The molecule has 1 fully saturated rings. The first-order chi connectivity index (χ1) is 8.40. The van der Waals surface area contributed by atoms with E-state index in [9.17, 15) is 9.90 Å². The monoisotopic (exact) mass is 257 g/mol. The van der Waals surface area contributed by atoms with Crippen LogP contribution in [0, 0.1) is 17.8 Å². The van der Waals surface area contributed by atoms with Crippen LogP contribution in [0.15, 0.2) is 0 Å². The average Bonchev–Trinajstić information content (AvgIpc) is 2.26. The van der Waals surface area contributed by atoms with Crippen molar-refractivity contribution >= 4 is 13.1 Å². The molecule has 18 heavy (non-hydrogen) atoms. The Balaban J connectivity index is 2.51. The number of carboxylic acids is 1. The second-order valence-corrected chi connectivity index (χ2v) is 5.70. The minimum absolute atomic E-state index is 0.216. The topological polar surface area (TPSA) is 81.0 Å². The van der Waals surface area contributed by atoms with Crippen LogP contribution in [-0.4, -0.2) is 53.8 Å². The number of carboxylic acid groups (broad SMARTS) is 1. The molecule has 1 saturated carbocycles. The van der Waals surface area contributed by atoms with Crippen molar-refractivity contribution in [3.63, 3.8) is 0 Å². The lowest BCUT2D eigenvalue weighted by Crippen LogP contribution is -2.37. The zero-order valence-corrected chi connectivity index (χ0v) is 11.2. The van der Waals surface area contributed by atoms with E-state index in [1.807, 2.05) is 19.0 Å². The van der Waals surface area contributed by atoms with E-state index < -0.39 is 13.1 Å². The second kappa shape index (κ2) is 7.11. The highest BCUT2D eigenvalue weighted by Gasteiger charge is 2.35. The van der Waals surface area contributed by atoms with Crippen LogP contribution < -0.4 is 0 Å². The molecule has 1 aliphatic carbocycles. The molecule has 0 heterocycles. The highest BCUT2D eigenvalue weighted by atomic mass is 16.4. The molecule has 3 atom stereocenters. The van der Waals surface area contributed by atoms with Gasteiger partial charge in [0, 0.05) is 6.54 Å². The Hall–Kier alpha value is -0.585. The molecule has 1 aliphatic rings. The third-order valence-electron chi connectivity index (χ3n) is 3.85. The van der Waals surface area contributed by atoms with Crippen LogP contribution in [0.4, 0.5) is 0 Å². The molecule has 0 aromatic carbocycles. The quantitative estimate of drug-likeness (QED) is 0.605. The summed E-state index contributed by atoms with van der Waals surface area (Å²) in [7, 11) is 2.66. The fourth-order valence-electron chi connectivity index (χ4n) is 2.96. The van der Waals surface area contributed by atoms with Crippen LogP contribution in [0.3, 0.4) is 0 Å². The van der Waals surface area contributed by atoms with Gasteiger partial charge in [0.2, 0.25) is 0 Å². The van der Waals surface area contributed by atoms with Gasteiger partial charge in [-0.1, -0.05) is 12.8 Å². The van der Waals surface area contributed by atoms with Gasteiger partial charge in [-0.05, 0) is 45.1 Å². The summed E-state index contributed by atoms with van der Waals surface area (Å²) >= 11 is 0. The number of hydrogen-bond acceptors (Lipinski definition) is 4. The van der Waals surface area contributed by atoms with Crippen molar-refractivity contribution < 1.29 is 19.9 Å². The van der Waals surface area contributed by atoms with Gasteiger partial charge in [-0.25, -0.2) is 0 Å². The van der Waals surface area contributed by atoms with E-state index in [-0.39, 0.29) is 11.8 Å². The summed E-state index contributed by atoms with van der Waals surface area (Å²) in [5.41, 5.74) is 0. The fraction of sp³-hybridized carbons (Fsp3) is 0.917. The molecular formula is C12H24BNO4. The minimum atomic E-state index is -1.27. The molecule has 5 nitrogen and oxygen atoms in total. The molecule has 0 amide bonds. The number of nitrogens with zero attached hydrogens (tertiary/aromatic N) is 1. The summed E-state index contributed by atoms with van der Waals surface area (Å²) in [5, 5.41) is 27.0. The normalized spacial score (nSPS) is 28.4. The molecule has 104 valence electrons. The molecule has 3 N–H and O–H groups in total. The maximum Gasteiger partial charge on any atom is 0.451 e. The first-order valence-corrected chi connectivity index (χ1v) is 6.63. The Morgan fingerprint density at radius 1 is 1.33 bits per heavy atom. The van der Waals surface area contributed by atoms with E-state index in [2.05, 4.69) is 0 Å². The molecule has 0 radical (unpaired) electrons. The van der Waals surface area contributed by atoms with Gasteiger partial charge in [0.1, 0.15) is 0 Å². The van der Waals surface area contributed by atoms with Crippen molar-refractivity contribution in [3.05, 3.63) is 0 Å². The Morgan fingerprint density at radius 2 is 2.00 bits per heavy atom. The maximum atomic E-state index is 11.3. The molecule has 1 unspecified atom stereocenters. The van der Waals surface area contributed by atoms with Crippen molar-refractivity contribution in [2.45, 2.75) is 32.0 Å². The van der Waals surface area contributed by atoms with E-state index in [1.165, 1.54) is 0 Å². The zero-order valence-electron chi connectivity index (χ0n) is 11.2. The van der Waals surface area contributed by atoms with Crippen LogP contribution in [0.5, 0.6) is 0 Å². The predicted molar refractivity (Wildman–Crippen MR) is 70.1 cm³/mol. The molecule has 0 aromatic rings. The number of carbonyl (C=O) groups is 1. The minimum Gasteiger partial charge on any atom is -0.481 e. The van der Waals surface area contributed by atoms with E-state index in [0.29, 0.717) is 25.1 Å². The molecule has 0 aliphatic heterocycles. The van der Waals surface area contributed by atoms with Gasteiger partial charge >= 0.3 is 13.1 Å². The molecule has 1 rings (SSSR count). The van der Waals surface area contributed by atoms with Crippen LogP contribution in [-0.2, 0) is 4.79 Å². The number of aliphatic carboxylic acids is 1. The van der Waals surface area contributed by atoms with Gasteiger partial charge < -0.3 is 20.1 Å². The zero-order chi connectivity index (χ0) is 13.7. The summed E-state index contributed by atoms with van der Waals surface area (Å²) in [6.45, 7) is 0.812. The lowest BCUT2D eigenvalue weighted by atomic mass is 9.70. The molecule has 0 saturated heterocycles. The third kappa shape index (κ3) is 4.96. The smallest absolute Gasteiger partial charge is 0.451 e. The van der Waals surface area contributed by atoms with Gasteiger partial charge in [0.05, 0.1) is 5.92 Å². The number of rotatable bonds is 6. The van der Waals surface area contributed by atoms with Gasteiger partial charge in [0.15, 0.2) is 0 Å². The Labute approximate surface area is 109 Å². The highest BCUT2D eigenvalue weighted by molar-refractivity contribution is 6.40. The first kappa shape index (κ1) is 15.5. The Kier molecular flexibility index (Phi) is 6.12. The average molecular weight is 257 g/mol. The van der Waals surface area contributed by atoms with Gasteiger partial charge in [-0.3, -0.25) is 4.79 Å². The van der Waals surface area contributed by atoms with E-state index in [1.54, 1.807) is 0 Å². The van der Waals surface area contributed by atoms with E-state index >= 15 is 0 Å². The van der Waals surface area contributed by atoms with Crippen LogP contribution in [0.25, 0.3) is 0 Å². The SMILES string of the molecule is CN(C)CC1CC[C@@H](CCB(O)O)C[C@@H]1C(=O)O. The maximum absolute atomic E-state index is 11.3. The van der Waals surface area contributed by atoms with E-state index in [4.69, 9.17) is 10.0 Å². The van der Waals surface area contributed by atoms with Crippen LogP contribution in [0.1, 0.15) is 25.7 Å². The molecule has 0 bridgehead atoms. The van der Waals surface area contributed by atoms with Gasteiger partial charge in [-0.15, -0.1) is 0 Å². The molecule has 0 aromatic heterocycles. The predicted octanol–water partition coefficient (Wildman–Crippen LogP) is 0.528. The largest absolute Gasteiger partial charge is 0.481 e. The first-order valence-electron chi connectivity index (χ1n) is 6.63. The van der Waals surface area contributed by atoms with Crippen molar-refractivity contribution in [2.75, 3.05) is 20.6 Å². The molecule has 0 spiro atoms. The number of hydrogen-bond donors (Lipinski definition) is 3.